The molecule has 9 nitrogen and oxygen atoms in total. The first-order chi connectivity index (χ1) is 21.2. The Kier molecular flexibility index (Phi) is 8.45. The van der Waals surface area contributed by atoms with Gasteiger partial charge in [-0.2, -0.15) is 13.2 Å². The molecular formula is C31H25ClF3N5O4S. The van der Waals surface area contributed by atoms with Crippen LogP contribution in [0.4, 0.5) is 24.5 Å². The number of pyridine rings is 1. The summed E-state index contributed by atoms with van der Waals surface area (Å²) in [5.74, 6) is -1.46. The molecule has 14 heteroatoms. The molecule has 0 aliphatic rings. The number of benzene rings is 3. The lowest BCUT2D eigenvalue weighted by molar-refractivity contribution is -0.138. The van der Waals surface area contributed by atoms with Crippen molar-refractivity contribution < 1.29 is 31.2 Å². The summed E-state index contributed by atoms with van der Waals surface area (Å²) < 4.78 is 67.8. The number of nitrogens with zero attached hydrogens (tertiary/aromatic N) is 2. The summed E-state index contributed by atoms with van der Waals surface area (Å²) in [6.07, 6.45) is -2.23. The van der Waals surface area contributed by atoms with Gasteiger partial charge >= 0.3 is 6.18 Å². The first-order valence-corrected chi connectivity index (χ1v) is 15.1. The Morgan fingerprint density at radius 1 is 0.956 bits per heavy atom. The van der Waals surface area contributed by atoms with E-state index in [4.69, 9.17) is 17.3 Å². The predicted molar refractivity (Wildman–Crippen MR) is 165 cm³/mol. The normalized spacial score (nSPS) is 11.9. The van der Waals surface area contributed by atoms with Crippen LogP contribution in [-0.2, 0) is 22.7 Å². The second kappa shape index (κ2) is 12.0. The number of alkyl halides is 3. The first kappa shape index (κ1) is 31.7. The molecule has 0 aliphatic heterocycles. The number of rotatable bonds is 7. The second-order valence-corrected chi connectivity index (χ2v) is 12.4. The number of aryl methyl sites for hydroxylation is 2. The zero-order valence-corrected chi connectivity index (χ0v) is 25.3. The summed E-state index contributed by atoms with van der Waals surface area (Å²) in [7, 11) is -3.99. The van der Waals surface area contributed by atoms with E-state index >= 15 is 0 Å². The minimum Gasteiger partial charge on any atom is -0.326 e. The van der Waals surface area contributed by atoms with Gasteiger partial charge in [0.1, 0.15) is 0 Å². The van der Waals surface area contributed by atoms with Crippen molar-refractivity contribution in [3.63, 3.8) is 0 Å². The maximum absolute atomic E-state index is 13.4. The number of halogens is 4. The summed E-state index contributed by atoms with van der Waals surface area (Å²) in [4.78, 5) is 30.4. The molecule has 0 spiro atoms. The Labute approximate surface area is 260 Å². The van der Waals surface area contributed by atoms with Gasteiger partial charge in [-0.25, -0.2) is 17.4 Å². The third-order valence-corrected chi connectivity index (χ3v) is 9.17. The third-order valence-electron chi connectivity index (χ3n) is 7.08. The van der Waals surface area contributed by atoms with Crippen molar-refractivity contribution in [3.8, 4) is 0 Å². The lowest BCUT2D eigenvalue weighted by atomic mass is 10.0. The lowest BCUT2D eigenvalue weighted by Crippen LogP contribution is -2.17. The molecule has 0 unspecified atom stereocenters. The number of fused-ring (bicyclic) bond motifs is 1. The van der Waals surface area contributed by atoms with Gasteiger partial charge in [0.2, 0.25) is 0 Å². The summed E-state index contributed by atoms with van der Waals surface area (Å²) in [6.45, 7) is 3.19. The third kappa shape index (κ3) is 6.27. The van der Waals surface area contributed by atoms with Crippen LogP contribution in [0.15, 0.2) is 84.0 Å². The van der Waals surface area contributed by atoms with Crippen LogP contribution in [0.5, 0.6) is 0 Å². The zero-order chi connectivity index (χ0) is 32.7. The molecule has 0 fully saturated rings. The largest absolute Gasteiger partial charge is 0.416 e. The number of hydrogen-bond donors (Lipinski definition) is 3. The minimum absolute atomic E-state index is 0.0288. The van der Waals surface area contributed by atoms with Gasteiger partial charge in [0.25, 0.3) is 21.8 Å². The van der Waals surface area contributed by atoms with E-state index in [1.54, 1.807) is 25.1 Å². The Hall–Kier alpha value is -4.72. The number of nitrogens with one attached hydrogen (secondary N) is 2. The zero-order valence-electron chi connectivity index (χ0n) is 23.7. The fourth-order valence-electron chi connectivity index (χ4n) is 4.59. The fraction of sp³-hybridized carbons (Fsp3) is 0.129. The molecule has 0 saturated heterocycles. The van der Waals surface area contributed by atoms with Crippen molar-refractivity contribution in [1.29, 1.82) is 0 Å². The number of anilines is 2. The molecule has 0 saturated carbocycles. The van der Waals surface area contributed by atoms with Crippen LogP contribution in [0, 0.1) is 13.8 Å². The number of nitrogens with two attached hydrogens (primary N) is 1. The molecule has 5 aromatic rings. The van der Waals surface area contributed by atoms with Crippen molar-refractivity contribution in [3.05, 3.63) is 118 Å². The highest BCUT2D eigenvalue weighted by Gasteiger charge is 2.33. The highest BCUT2D eigenvalue weighted by molar-refractivity contribution is 7.90. The van der Waals surface area contributed by atoms with Gasteiger partial charge in [-0.05, 0) is 67.4 Å². The molecular weight excluding hydrogens is 631 g/mol. The Morgan fingerprint density at radius 3 is 2.33 bits per heavy atom. The molecule has 45 heavy (non-hydrogen) atoms. The average Bonchev–Trinajstić information content (AvgIpc) is 3.44. The van der Waals surface area contributed by atoms with Crippen LogP contribution in [0.2, 0.25) is 5.02 Å². The van der Waals surface area contributed by atoms with E-state index in [0.29, 0.717) is 5.56 Å². The van der Waals surface area contributed by atoms with Gasteiger partial charge in [-0.1, -0.05) is 41.4 Å². The van der Waals surface area contributed by atoms with Crippen LogP contribution in [0.1, 0.15) is 43.0 Å². The number of hydrogen-bond acceptors (Lipinski definition) is 6. The van der Waals surface area contributed by atoms with E-state index in [9.17, 15) is 31.2 Å². The van der Waals surface area contributed by atoms with Crippen molar-refractivity contribution in [2.45, 2.75) is 31.5 Å². The molecule has 3 aromatic carbocycles. The van der Waals surface area contributed by atoms with Crippen LogP contribution < -0.4 is 16.4 Å². The van der Waals surface area contributed by atoms with E-state index in [-0.39, 0.29) is 55.6 Å². The standard InChI is InChI=1S/C31H25ClF3N5O4S/c1-17-3-9-22(10-4-17)45(43,44)40-12-11-23-27(32)24(16-37-28(23)40)30(42)39-26-14-21(8-5-18(26)2)38-29(41)19-6-7-20(15-36)25(13-19)31(33,34)35/h3-14,16H,15,36H2,1-2H3,(H,38,41)(H,39,42). The molecule has 232 valence electrons. The summed E-state index contributed by atoms with van der Waals surface area (Å²) in [5, 5.41) is 5.44. The lowest BCUT2D eigenvalue weighted by Gasteiger charge is -2.15. The molecule has 2 aromatic heterocycles. The van der Waals surface area contributed by atoms with Crippen LogP contribution in [-0.4, -0.2) is 29.2 Å². The number of amides is 2. The van der Waals surface area contributed by atoms with E-state index in [0.717, 1.165) is 27.9 Å². The van der Waals surface area contributed by atoms with E-state index in [1.165, 1.54) is 42.6 Å². The van der Waals surface area contributed by atoms with Gasteiger partial charge in [0, 0.05) is 41.3 Å². The summed E-state index contributed by atoms with van der Waals surface area (Å²) in [5.41, 5.74) is 6.02. The maximum Gasteiger partial charge on any atom is 0.416 e. The molecule has 0 radical (unpaired) electrons. The van der Waals surface area contributed by atoms with Crippen LogP contribution >= 0.6 is 11.6 Å². The number of carbonyl (C=O) groups is 2. The molecule has 2 amide bonds. The van der Waals surface area contributed by atoms with Crippen molar-refractivity contribution in [1.82, 2.24) is 8.96 Å². The predicted octanol–water partition coefficient (Wildman–Crippen LogP) is 6.53. The second-order valence-electron chi connectivity index (χ2n) is 10.2. The molecule has 0 aliphatic carbocycles. The monoisotopic (exact) mass is 655 g/mol. The van der Waals surface area contributed by atoms with Gasteiger partial charge in [-0.3, -0.25) is 9.59 Å². The van der Waals surface area contributed by atoms with Gasteiger partial charge in [-0.15, -0.1) is 0 Å². The molecule has 4 N–H and O–H groups in total. The smallest absolute Gasteiger partial charge is 0.326 e. The topological polar surface area (TPSA) is 136 Å². The van der Waals surface area contributed by atoms with Gasteiger partial charge in [0.15, 0.2) is 5.65 Å². The first-order valence-electron chi connectivity index (χ1n) is 13.3. The molecule has 2 heterocycles. The quantitative estimate of drug-likeness (QED) is 0.183. The molecule has 5 rings (SSSR count). The Bertz CT molecular complexity index is 2080. The molecule has 0 atom stereocenters. The van der Waals surface area contributed by atoms with Crippen LogP contribution in [0.25, 0.3) is 11.0 Å². The van der Waals surface area contributed by atoms with E-state index < -0.39 is 33.6 Å². The van der Waals surface area contributed by atoms with Crippen molar-refractivity contribution in [2.75, 3.05) is 10.6 Å². The Morgan fingerprint density at radius 2 is 1.67 bits per heavy atom. The molecule has 0 bridgehead atoms. The van der Waals surface area contributed by atoms with Crippen LogP contribution in [0.3, 0.4) is 0 Å². The fourth-order valence-corrected chi connectivity index (χ4v) is 6.18. The van der Waals surface area contributed by atoms with Gasteiger partial charge < -0.3 is 16.4 Å². The summed E-state index contributed by atoms with van der Waals surface area (Å²) in [6, 6.07) is 15.5. The average molecular weight is 656 g/mol. The van der Waals surface area contributed by atoms with Crippen molar-refractivity contribution in [2.24, 2.45) is 5.73 Å². The minimum atomic E-state index is -4.69. The highest BCUT2D eigenvalue weighted by Crippen LogP contribution is 2.33. The van der Waals surface area contributed by atoms with Crippen molar-refractivity contribution >= 4 is 55.8 Å². The van der Waals surface area contributed by atoms with E-state index in [2.05, 4.69) is 15.6 Å². The Balaban J connectivity index is 1.38. The maximum atomic E-state index is 13.4. The summed E-state index contributed by atoms with van der Waals surface area (Å²) >= 11 is 6.55. The highest BCUT2D eigenvalue weighted by atomic mass is 35.5. The number of aromatic nitrogens is 2. The number of carbonyl (C=O) groups excluding carboxylic acids is 2. The van der Waals surface area contributed by atoms with Gasteiger partial charge in [0.05, 0.1) is 21.0 Å². The van der Waals surface area contributed by atoms with E-state index in [1.807, 2.05) is 6.92 Å². The SMILES string of the molecule is Cc1ccc(S(=O)(=O)n2ccc3c(Cl)c(C(=O)Nc4cc(NC(=O)c5ccc(CN)c(C(F)(F)F)c5)ccc4C)cnc32)cc1.